The number of amides is 1. The molecule has 0 fully saturated rings. The Kier molecular flexibility index (Phi) is 5.13. The number of hydrogen-bond acceptors (Lipinski definition) is 6. The molecule has 22 heavy (non-hydrogen) atoms. The number of nitrogens with zero attached hydrogens (tertiary/aromatic N) is 2. The molecule has 0 atom stereocenters. The molecule has 0 aliphatic heterocycles. The molecule has 2 aromatic rings. The Balaban J connectivity index is 2.23. The first-order valence-electron chi connectivity index (χ1n) is 6.66. The number of aromatic nitrogens is 2. The fraction of sp³-hybridized carbons (Fsp3) is 0.267. The van der Waals surface area contributed by atoms with Crippen molar-refractivity contribution in [3.8, 4) is 17.4 Å². The highest BCUT2D eigenvalue weighted by atomic mass is 16.5. The first-order chi connectivity index (χ1) is 10.7. The lowest BCUT2D eigenvalue weighted by Crippen LogP contribution is -2.15. The minimum atomic E-state index is -0.394. The number of carbonyl (C=O) groups is 1. The zero-order valence-corrected chi connectivity index (χ0v) is 12.6. The summed E-state index contributed by atoms with van der Waals surface area (Å²) in [6.07, 6.45) is 1.28. The average Bonchev–Trinajstić information content (AvgIpc) is 2.55. The number of ether oxygens (including phenoxy) is 3. The van der Waals surface area contributed by atoms with Gasteiger partial charge in [-0.15, -0.1) is 0 Å². The smallest absolute Gasteiger partial charge is 0.274 e. The third kappa shape index (κ3) is 3.63. The average molecular weight is 303 g/mol. The number of methoxy groups -OCH3 is 2. The Morgan fingerprint density at radius 2 is 2.00 bits per heavy atom. The van der Waals surface area contributed by atoms with Gasteiger partial charge in [-0.25, -0.2) is 9.97 Å². The van der Waals surface area contributed by atoms with Gasteiger partial charge in [0, 0.05) is 12.1 Å². The van der Waals surface area contributed by atoms with Crippen molar-refractivity contribution in [3.63, 3.8) is 0 Å². The highest BCUT2D eigenvalue weighted by Gasteiger charge is 2.13. The van der Waals surface area contributed by atoms with Crippen LogP contribution in [0.3, 0.4) is 0 Å². The summed E-state index contributed by atoms with van der Waals surface area (Å²) in [4.78, 5) is 20.1. The van der Waals surface area contributed by atoms with Crippen molar-refractivity contribution >= 4 is 11.6 Å². The number of nitrogens with one attached hydrogen (secondary N) is 1. The summed E-state index contributed by atoms with van der Waals surface area (Å²) in [5.41, 5.74) is 0.687. The Labute approximate surface area is 128 Å². The summed E-state index contributed by atoms with van der Waals surface area (Å²) in [5.74, 6) is 1.08. The maximum atomic E-state index is 12.3. The minimum absolute atomic E-state index is 0.198. The van der Waals surface area contributed by atoms with E-state index in [1.54, 1.807) is 25.3 Å². The van der Waals surface area contributed by atoms with Crippen molar-refractivity contribution < 1.29 is 19.0 Å². The third-order valence-electron chi connectivity index (χ3n) is 2.82. The van der Waals surface area contributed by atoms with Crippen molar-refractivity contribution in [2.24, 2.45) is 0 Å². The lowest BCUT2D eigenvalue weighted by molar-refractivity contribution is 0.102. The van der Waals surface area contributed by atoms with Crippen LogP contribution in [0.25, 0.3) is 0 Å². The fourth-order valence-electron chi connectivity index (χ4n) is 1.79. The summed E-state index contributed by atoms with van der Waals surface area (Å²) < 4.78 is 15.6. The number of rotatable bonds is 6. The topological polar surface area (TPSA) is 82.6 Å². The largest absolute Gasteiger partial charge is 0.497 e. The molecule has 1 aromatic heterocycles. The molecule has 2 rings (SSSR count). The lowest BCUT2D eigenvalue weighted by Gasteiger charge is -2.11. The molecule has 116 valence electrons. The third-order valence-corrected chi connectivity index (χ3v) is 2.82. The van der Waals surface area contributed by atoms with Crippen LogP contribution in [0.15, 0.2) is 30.6 Å². The van der Waals surface area contributed by atoms with Crippen LogP contribution < -0.4 is 19.5 Å². The van der Waals surface area contributed by atoms with Crippen LogP contribution in [0.1, 0.15) is 17.4 Å². The van der Waals surface area contributed by atoms with Crippen LogP contribution in [0.4, 0.5) is 5.69 Å². The van der Waals surface area contributed by atoms with E-state index in [9.17, 15) is 4.79 Å². The zero-order valence-electron chi connectivity index (χ0n) is 12.6. The van der Waals surface area contributed by atoms with E-state index in [1.807, 2.05) is 6.92 Å². The van der Waals surface area contributed by atoms with E-state index in [2.05, 4.69) is 15.3 Å². The molecule has 7 heteroatoms. The summed E-state index contributed by atoms with van der Waals surface area (Å²) in [7, 11) is 3.07. The predicted octanol–water partition coefficient (Wildman–Crippen LogP) is 2.14. The predicted molar refractivity (Wildman–Crippen MR) is 80.7 cm³/mol. The van der Waals surface area contributed by atoms with Crippen molar-refractivity contribution in [3.05, 3.63) is 36.3 Å². The fourth-order valence-corrected chi connectivity index (χ4v) is 1.79. The molecule has 0 aliphatic rings. The number of anilines is 1. The molecule has 0 bridgehead atoms. The number of carbonyl (C=O) groups excluding carboxylic acids is 1. The minimum Gasteiger partial charge on any atom is -0.497 e. The summed E-state index contributed by atoms with van der Waals surface area (Å²) >= 11 is 0. The highest BCUT2D eigenvalue weighted by molar-refractivity contribution is 6.03. The maximum Gasteiger partial charge on any atom is 0.274 e. The molecule has 0 saturated heterocycles. The van der Waals surface area contributed by atoms with Crippen LogP contribution in [0, 0.1) is 0 Å². The van der Waals surface area contributed by atoms with Gasteiger partial charge in [0.25, 0.3) is 5.91 Å². The van der Waals surface area contributed by atoms with Crippen LogP contribution in [-0.2, 0) is 0 Å². The first-order valence-corrected chi connectivity index (χ1v) is 6.66. The monoisotopic (exact) mass is 303 g/mol. The molecule has 1 N–H and O–H groups in total. The zero-order chi connectivity index (χ0) is 15.9. The molecule has 0 aliphatic carbocycles. The van der Waals surface area contributed by atoms with Crippen molar-refractivity contribution in [1.29, 1.82) is 0 Å². The lowest BCUT2D eigenvalue weighted by atomic mass is 10.2. The van der Waals surface area contributed by atoms with E-state index in [1.165, 1.54) is 19.5 Å². The van der Waals surface area contributed by atoms with Gasteiger partial charge in [-0.1, -0.05) is 0 Å². The molecule has 0 unspecified atom stereocenters. The molecule has 1 amide bonds. The number of benzene rings is 1. The molecule has 1 aromatic carbocycles. The summed E-state index contributed by atoms with van der Waals surface area (Å²) in [5, 5.41) is 2.73. The van der Waals surface area contributed by atoms with E-state index >= 15 is 0 Å². The van der Waals surface area contributed by atoms with Crippen molar-refractivity contribution in [2.45, 2.75) is 6.92 Å². The Bertz CT molecular complexity index is 661. The summed E-state index contributed by atoms with van der Waals surface area (Å²) in [6, 6.07) is 6.60. The van der Waals surface area contributed by atoms with Crippen molar-refractivity contribution in [2.75, 3.05) is 26.1 Å². The Morgan fingerprint density at radius 3 is 2.68 bits per heavy atom. The first kappa shape index (κ1) is 15.6. The van der Waals surface area contributed by atoms with Gasteiger partial charge in [0.05, 0.1) is 26.5 Å². The molecule has 0 radical (unpaired) electrons. The Morgan fingerprint density at radius 1 is 1.18 bits per heavy atom. The second-order valence-electron chi connectivity index (χ2n) is 4.19. The quantitative estimate of drug-likeness (QED) is 0.880. The van der Waals surface area contributed by atoms with Gasteiger partial charge >= 0.3 is 0 Å². The standard InChI is InChI=1S/C15H17N3O4/c1-4-22-14-8-12(16-9-17-14)15(19)18-11-7-10(20-2)5-6-13(11)21-3/h5-9H,4H2,1-3H3,(H,18,19). The molecule has 7 nitrogen and oxygen atoms in total. The normalized spacial score (nSPS) is 9.95. The van der Waals surface area contributed by atoms with Gasteiger partial charge in [-0.05, 0) is 19.1 Å². The summed E-state index contributed by atoms with van der Waals surface area (Å²) in [6.45, 7) is 2.30. The molecule has 1 heterocycles. The molecule has 0 spiro atoms. The van der Waals surface area contributed by atoms with Crippen LogP contribution >= 0.6 is 0 Å². The van der Waals surface area contributed by atoms with Gasteiger partial charge in [-0.3, -0.25) is 4.79 Å². The second-order valence-corrected chi connectivity index (χ2v) is 4.19. The molecular weight excluding hydrogens is 286 g/mol. The second kappa shape index (κ2) is 7.26. The van der Waals surface area contributed by atoms with E-state index in [0.29, 0.717) is 29.7 Å². The van der Waals surface area contributed by atoms with Gasteiger partial charge in [0.2, 0.25) is 5.88 Å². The highest BCUT2D eigenvalue weighted by Crippen LogP contribution is 2.29. The molecule has 0 saturated carbocycles. The Hall–Kier alpha value is -2.83. The van der Waals surface area contributed by atoms with Gasteiger partial charge in [0.15, 0.2) is 0 Å². The van der Waals surface area contributed by atoms with Crippen LogP contribution in [0.5, 0.6) is 17.4 Å². The van der Waals surface area contributed by atoms with E-state index in [-0.39, 0.29) is 5.69 Å². The maximum absolute atomic E-state index is 12.3. The van der Waals surface area contributed by atoms with Gasteiger partial charge in [-0.2, -0.15) is 0 Å². The van der Waals surface area contributed by atoms with E-state index in [0.717, 1.165) is 0 Å². The SMILES string of the molecule is CCOc1cc(C(=O)Nc2cc(OC)ccc2OC)ncn1. The van der Waals surface area contributed by atoms with Crippen LogP contribution in [-0.4, -0.2) is 36.7 Å². The molecular formula is C15H17N3O4. The van der Waals surface area contributed by atoms with Gasteiger partial charge < -0.3 is 19.5 Å². The van der Waals surface area contributed by atoms with Crippen LogP contribution in [0.2, 0.25) is 0 Å². The van der Waals surface area contributed by atoms with E-state index < -0.39 is 5.91 Å². The van der Waals surface area contributed by atoms with E-state index in [4.69, 9.17) is 14.2 Å². The van der Waals surface area contributed by atoms with Gasteiger partial charge in [0.1, 0.15) is 23.5 Å². The van der Waals surface area contributed by atoms with Crippen molar-refractivity contribution in [1.82, 2.24) is 9.97 Å². The number of hydrogen-bond donors (Lipinski definition) is 1.